The van der Waals surface area contributed by atoms with Crippen LogP contribution in [-0.2, 0) is 7.05 Å². The zero-order chi connectivity index (χ0) is 9.97. The lowest BCUT2D eigenvalue weighted by Gasteiger charge is -2.11. The SMILES string of the molecule is Cn1cncc1C(=O)NC1CCCC1. The minimum Gasteiger partial charge on any atom is -0.348 e. The summed E-state index contributed by atoms with van der Waals surface area (Å²) in [5, 5.41) is 3.02. The van der Waals surface area contributed by atoms with Crippen LogP contribution in [-0.4, -0.2) is 21.5 Å². The third-order valence-electron chi connectivity index (χ3n) is 2.74. The molecule has 0 unspecified atom stereocenters. The molecule has 4 heteroatoms. The maximum absolute atomic E-state index is 11.7. The lowest BCUT2D eigenvalue weighted by Crippen LogP contribution is -2.33. The molecular weight excluding hydrogens is 178 g/mol. The molecule has 0 saturated heterocycles. The first-order valence-corrected chi connectivity index (χ1v) is 5.04. The first-order valence-electron chi connectivity index (χ1n) is 5.04. The maximum Gasteiger partial charge on any atom is 0.269 e. The molecule has 0 aliphatic heterocycles. The van der Waals surface area contributed by atoms with Gasteiger partial charge < -0.3 is 9.88 Å². The minimum atomic E-state index is -0.00287. The van der Waals surface area contributed by atoms with E-state index in [0.29, 0.717) is 11.7 Å². The van der Waals surface area contributed by atoms with E-state index in [-0.39, 0.29) is 5.91 Å². The van der Waals surface area contributed by atoms with Crippen molar-refractivity contribution in [3.8, 4) is 0 Å². The topological polar surface area (TPSA) is 46.9 Å². The van der Waals surface area contributed by atoms with Crippen LogP contribution >= 0.6 is 0 Å². The summed E-state index contributed by atoms with van der Waals surface area (Å²) >= 11 is 0. The van der Waals surface area contributed by atoms with E-state index < -0.39 is 0 Å². The Morgan fingerprint density at radius 1 is 1.57 bits per heavy atom. The Labute approximate surface area is 83.3 Å². The van der Waals surface area contributed by atoms with Gasteiger partial charge in [-0.3, -0.25) is 4.79 Å². The van der Waals surface area contributed by atoms with Crippen LogP contribution in [0, 0.1) is 0 Å². The summed E-state index contributed by atoms with van der Waals surface area (Å²) < 4.78 is 1.74. The first kappa shape index (κ1) is 9.24. The molecule has 1 aromatic heterocycles. The summed E-state index contributed by atoms with van der Waals surface area (Å²) in [5.41, 5.74) is 0.636. The summed E-state index contributed by atoms with van der Waals surface area (Å²) in [7, 11) is 1.83. The predicted octanol–water partition coefficient (Wildman–Crippen LogP) is 1.09. The van der Waals surface area contributed by atoms with E-state index in [1.165, 1.54) is 12.8 Å². The van der Waals surface area contributed by atoms with Crippen LogP contribution < -0.4 is 5.32 Å². The second-order valence-corrected chi connectivity index (χ2v) is 3.84. The van der Waals surface area contributed by atoms with Crippen LogP contribution in [0.4, 0.5) is 0 Å². The number of hydrogen-bond donors (Lipinski definition) is 1. The lowest BCUT2D eigenvalue weighted by molar-refractivity contribution is 0.0929. The Kier molecular flexibility index (Phi) is 2.52. The molecule has 1 N–H and O–H groups in total. The van der Waals surface area contributed by atoms with Crippen LogP contribution in [0.2, 0.25) is 0 Å². The van der Waals surface area contributed by atoms with Gasteiger partial charge in [0.2, 0.25) is 0 Å². The van der Waals surface area contributed by atoms with Gasteiger partial charge in [-0.1, -0.05) is 12.8 Å². The average molecular weight is 193 g/mol. The van der Waals surface area contributed by atoms with Gasteiger partial charge in [0.15, 0.2) is 0 Å². The number of hydrogen-bond acceptors (Lipinski definition) is 2. The van der Waals surface area contributed by atoms with Crippen molar-refractivity contribution in [1.29, 1.82) is 0 Å². The summed E-state index contributed by atoms with van der Waals surface area (Å²) in [4.78, 5) is 15.6. The minimum absolute atomic E-state index is 0.00287. The normalized spacial score (nSPS) is 17.2. The molecule has 1 aliphatic carbocycles. The molecule has 1 fully saturated rings. The maximum atomic E-state index is 11.7. The molecule has 0 spiro atoms. The number of aryl methyl sites for hydroxylation is 1. The van der Waals surface area contributed by atoms with Crippen LogP contribution in [0.3, 0.4) is 0 Å². The van der Waals surface area contributed by atoms with Gasteiger partial charge in [-0.25, -0.2) is 4.98 Å². The molecule has 76 valence electrons. The zero-order valence-electron chi connectivity index (χ0n) is 8.36. The molecule has 4 nitrogen and oxygen atoms in total. The Morgan fingerprint density at radius 3 is 2.86 bits per heavy atom. The molecule has 0 bridgehead atoms. The van der Waals surface area contributed by atoms with Crippen molar-refractivity contribution in [3.05, 3.63) is 18.2 Å². The molecule has 0 radical (unpaired) electrons. The molecule has 1 saturated carbocycles. The Balaban J connectivity index is 1.98. The molecule has 1 aliphatic rings. The highest BCUT2D eigenvalue weighted by Gasteiger charge is 2.19. The van der Waals surface area contributed by atoms with Gasteiger partial charge in [-0.15, -0.1) is 0 Å². The fourth-order valence-corrected chi connectivity index (χ4v) is 1.91. The van der Waals surface area contributed by atoms with Crippen molar-refractivity contribution in [1.82, 2.24) is 14.9 Å². The van der Waals surface area contributed by atoms with Gasteiger partial charge in [-0.2, -0.15) is 0 Å². The van der Waals surface area contributed by atoms with E-state index in [1.54, 1.807) is 17.1 Å². The average Bonchev–Trinajstić information content (AvgIpc) is 2.75. The second-order valence-electron chi connectivity index (χ2n) is 3.84. The van der Waals surface area contributed by atoms with Crippen molar-refractivity contribution in [2.45, 2.75) is 31.7 Å². The molecule has 1 heterocycles. The first-order chi connectivity index (χ1) is 6.77. The van der Waals surface area contributed by atoms with Crippen molar-refractivity contribution >= 4 is 5.91 Å². The fraction of sp³-hybridized carbons (Fsp3) is 0.600. The van der Waals surface area contributed by atoms with E-state index in [0.717, 1.165) is 12.8 Å². The number of imidazole rings is 1. The van der Waals surface area contributed by atoms with E-state index in [9.17, 15) is 4.79 Å². The van der Waals surface area contributed by atoms with Crippen LogP contribution in [0.15, 0.2) is 12.5 Å². The van der Waals surface area contributed by atoms with Gasteiger partial charge in [0.25, 0.3) is 5.91 Å². The molecule has 1 amide bonds. The van der Waals surface area contributed by atoms with Gasteiger partial charge in [0.05, 0.1) is 12.5 Å². The number of rotatable bonds is 2. The van der Waals surface area contributed by atoms with E-state index in [2.05, 4.69) is 10.3 Å². The van der Waals surface area contributed by atoms with Crippen molar-refractivity contribution in [3.63, 3.8) is 0 Å². The molecule has 0 aromatic carbocycles. The number of amides is 1. The zero-order valence-corrected chi connectivity index (χ0v) is 8.36. The van der Waals surface area contributed by atoms with Gasteiger partial charge >= 0.3 is 0 Å². The van der Waals surface area contributed by atoms with Crippen molar-refractivity contribution < 1.29 is 4.79 Å². The summed E-state index contributed by atoms with van der Waals surface area (Å²) in [5.74, 6) is -0.00287. The standard InChI is InChI=1S/C10H15N3O/c1-13-7-11-6-9(13)10(14)12-8-4-2-3-5-8/h6-8H,2-5H2,1H3,(H,12,14). The highest BCUT2D eigenvalue weighted by molar-refractivity contribution is 5.92. The van der Waals surface area contributed by atoms with E-state index in [1.807, 2.05) is 7.05 Å². The van der Waals surface area contributed by atoms with E-state index in [4.69, 9.17) is 0 Å². The molecular formula is C10H15N3O. The fourth-order valence-electron chi connectivity index (χ4n) is 1.91. The van der Waals surface area contributed by atoms with Crippen LogP contribution in [0.1, 0.15) is 36.2 Å². The Morgan fingerprint density at radius 2 is 2.29 bits per heavy atom. The summed E-state index contributed by atoms with van der Waals surface area (Å²) in [6.45, 7) is 0. The van der Waals surface area contributed by atoms with Crippen LogP contribution in [0.25, 0.3) is 0 Å². The smallest absolute Gasteiger partial charge is 0.269 e. The Hall–Kier alpha value is -1.32. The third-order valence-corrected chi connectivity index (χ3v) is 2.74. The van der Waals surface area contributed by atoms with Gasteiger partial charge in [0.1, 0.15) is 5.69 Å². The predicted molar refractivity (Wildman–Crippen MR) is 52.9 cm³/mol. The lowest BCUT2D eigenvalue weighted by atomic mass is 10.2. The van der Waals surface area contributed by atoms with Gasteiger partial charge in [0, 0.05) is 13.1 Å². The van der Waals surface area contributed by atoms with E-state index >= 15 is 0 Å². The van der Waals surface area contributed by atoms with Crippen molar-refractivity contribution in [2.75, 3.05) is 0 Å². The summed E-state index contributed by atoms with van der Waals surface area (Å²) in [6.07, 6.45) is 7.94. The second kappa shape index (κ2) is 3.82. The highest BCUT2D eigenvalue weighted by Crippen LogP contribution is 2.17. The third kappa shape index (κ3) is 1.78. The highest BCUT2D eigenvalue weighted by atomic mass is 16.2. The Bertz CT molecular complexity index is 326. The number of nitrogens with zero attached hydrogens (tertiary/aromatic N) is 2. The van der Waals surface area contributed by atoms with Gasteiger partial charge in [-0.05, 0) is 12.8 Å². The largest absolute Gasteiger partial charge is 0.348 e. The molecule has 2 rings (SSSR count). The molecule has 14 heavy (non-hydrogen) atoms. The number of nitrogens with one attached hydrogen (secondary N) is 1. The molecule has 1 aromatic rings. The van der Waals surface area contributed by atoms with Crippen molar-refractivity contribution in [2.24, 2.45) is 7.05 Å². The summed E-state index contributed by atoms with van der Waals surface area (Å²) in [6, 6.07) is 0.373. The van der Waals surface area contributed by atoms with Crippen LogP contribution in [0.5, 0.6) is 0 Å². The number of aromatic nitrogens is 2. The number of carbonyl (C=O) groups excluding carboxylic acids is 1. The quantitative estimate of drug-likeness (QED) is 0.764. The monoisotopic (exact) mass is 193 g/mol. The molecule has 0 atom stereocenters. The number of carbonyl (C=O) groups is 1.